The lowest BCUT2D eigenvalue weighted by Gasteiger charge is -2.29. The van der Waals surface area contributed by atoms with Crippen LogP contribution in [0.25, 0.3) is 10.8 Å². The van der Waals surface area contributed by atoms with E-state index >= 15 is 0 Å². The number of phenols is 1. The number of fused-ring (bicyclic) bond motifs is 1. The van der Waals surface area contributed by atoms with Crippen LogP contribution in [0, 0.1) is 0 Å². The van der Waals surface area contributed by atoms with Crippen LogP contribution in [0.5, 0.6) is 11.5 Å². The second-order valence-electron chi connectivity index (χ2n) is 7.70. The molecule has 2 aromatic rings. The molecule has 2 aromatic carbocycles. The number of ether oxygens (including phenoxy) is 2. The van der Waals surface area contributed by atoms with Crippen molar-refractivity contribution in [1.82, 2.24) is 5.32 Å². The summed E-state index contributed by atoms with van der Waals surface area (Å²) in [5.41, 5.74) is 0.968. The smallest absolute Gasteiger partial charge is 0.275 e. The van der Waals surface area contributed by atoms with Gasteiger partial charge in [0.1, 0.15) is 44.2 Å². The van der Waals surface area contributed by atoms with Gasteiger partial charge in [0.15, 0.2) is 6.54 Å². The molecular weight excluding hydrogens is 370 g/mol. The van der Waals surface area contributed by atoms with Gasteiger partial charge in [-0.25, -0.2) is 0 Å². The van der Waals surface area contributed by atoms with Gasteiger partial charge in [0.25, 0.3) is 5.91 Å². The summed E-state index contributed by atoms with van der Waals surface area (Å²) in [4.78, 5) is 14.8. The Labute approximate surface area is 172 Å². The average molecular weight is 404 g/mol. The lowest BCUT2D eigenvalue weighted by atomic mass is 10.0. The zero-order valence-electron chi connectivity index (χ0n) is 17.4. The SMILES string of the molecule is COCCCNC(=O)C[NH+]1CC[NH+](Cc2c(O)ccc3ccc(OC)cc23)CC1. The van der Waals surface area contributed by atoms with E-state index in [1.54, 1.807) is 20.3 Å². The summed E-state index contributed by atoms with van der Waals surface area (Å²) in [5, 5.41) is 15.6. The molecule has 1 saturated heterocycles. The van der Waals surface area contributed by atoms with E-state index in [1.807, 2.05) is 24.3 Å². The molecule has 4 N–H and O–H groups in total. The lowest BCUT2D eigenvalue weighted by Crippen LogP contribution is -3.28. The van der Waals surface area contributed by atoms with E-state index in [4.69, 9.17) is 9.47 Å². The van der Waals surface area contributed by atoms with Crippen molar-refractivity contribution in [3.63, 3.8) is 0 Å². The fourth-order valence-electron chi connectivity index (χ4n) is 3.96. The van der Waals surface area contributed by atoms with Gasteiger partial charge >= 0.3 is 0 Å². The highest BCUT2D eigenvalue weighted by molar-refractivity contribution is 5.88. The van der Waals surface area contributed by atoms with E-state index in [0.29, 0.717) is 25.4 Å². The number of carbonyl (C=O) groups excluding carboxylic acids is 1. The van der Waals surface area contributed by atoms with E-state index in [-0.39, 0.29) is 5.91 Å². The molecule has 158 valence electrons. The summed E-state index contributed by atoms with van der Waals surface area (Å²) < 4.78 is 10.4. The van der Waals surface area contributed by atoms with Crippen LogP contribution in [0.2, 0.25) is 0 Å². The van der Waals surface area contributed by atoms with Crippen molar-refractivity contribution in [1.29, 1.82) is 0 Å². The molecule has 3 rings (SSSR count). The minimum atomic E-state index is 0.110. The quantitative estimate of drug-likeness (QED) is 0.405. The Hall–Kier alpha value is -2.35. The van der Waals surface area contributed by atoms with E-state index in [2.05, 4.69) is 5.32 Å². The first-order valence-corrected chi connectivity index (χ1v) is 10.3. The zero-order valence-corrected chi connectivity index (χ0v) is 17.4. The van der Waals surface area contributed by atoms with Crippen molar-refractivity contribution in [3.05, 3.63) is 35.9 Å². The van der Waals surface area contributed by atoms with Crippen molar-refractivity contribution in [2.45, 2.75) is 13.0 Å². The summed E-state index contributed by atoms with van der Waals surface area (Å²) >= 11 is 0. The molecule has 0 aromatic heterocycles. The van der Waals surface area contributed by atoms with Gasteiger partial charge < -0.3 is 29.7 Å². The standard InChI is InChI=1S/C22H31N3O4/c1-28-13-3-8-23-22(27)16-25-11-9-24(10-12-25)15-20-19-14-18(29-2)6-4-17(19)5-7-21(20)26/h4-7,14,26H,3,8-13,15-16H2,1-2H3,(H,23,27)/p+2. The number of phenolic OH excluding ortho intramolecular Hbond substituents is 1. The molecule has 0 bridgehead atoms. The summed E-state index contributed by atoms with van der Waals surface area (Å²) in [7, 11) is 3.33. The van der Waals surface area contributed by atoms with E-state index in [9.17, 15) is 9.90 Å². The normalized spacial score (nSPS) is 19.2. The Morgan fingerprint density at radius 3 is 2.55 bits per heavy atom. The fourth-order valence-corrected chi connectivity index (χ4v) is 3.96. The van der Waals surface area contributed by atoms with Gasteiger partial charge in [-0.05, 0) is 35.4 Å². The van der Waals surface area contributed by atoms with Crippen LogP contribution in [0.3, 0.4) is 0 Å². The molecule has 7 heteroatoms. The van der Waals surface area contributed by atoms with Gasteiger partial charge in [0, 0.05) is 20.3 Å². The maximum Gasteiger partial charge on any atom is 0.275 e. The molecule has 7 nitrogen and oxygen atoms in total. The highest BCUT2D eigenvalue weighted by Crippen LogP contribution is 2.29. The van der Waals surface area contributed by atoms with Gasteiger partial charge in [-0.15, -0.1) is 0 Å². The number of amides is 1. The molecule has 29 heavy (non-hydrogen) atoms. The molecule has 1 aliphatic heterocycles. The Kier molecular flexibility index (Phi) is 7.69. The number of hydrogen-bond donors (Lipinski definition) is 4. The third-order valence-corrected chi connectivity index (χ3v) is 5.66. The summed E-state index contributed by atoms with van der Waals surface area (Å²) in [5.74, 6) is 1.24. The average Bonchev–Trinajstić information content (AvgIpc) is 2.74. The van der Waals surface area contributed by atoms with E-state index < -0.39 is 0 Å². The molecule has 1 heterocycles. The molecule has 0 unspecified atom stereocenters. The Balaban J connectivity index is 1.54. The maximum absolute atomic E-state index is 12.1. The summed E-state index contributed by atoms with van der Waals surface area (Å²) in [6, 6.07) is 9.69. The summed E-state index contributed by atoms with van der Waals surface area (Å²) in [6.45, 7) is 6.50. The number of quaternary nitrogens is 2. The first-order chi connectivity index (χ1) is 14.1. The Morgan fingerprint density at radius 1 is 1.10 bits per heavy atom. The van der Waals surface area contributed by atoms with Crippen LogP contribution in [0.15, 0.2) is 30.3 Å². The van der Waals surface area contributed by atoms with Gasteiger partial charge in [0.2, 0.25) is 0 Å². The Bertz CT molecular complexity index is 819. The number of nitrogens with one attached hydrogen (secondary N) is 3. The van der Waals surface area contributed by atoms with Gasteiger partial charge in [-0.3, -0.25) is 4.79 Å². The minimum Gasteiger partial charge on any atom is -0.507 e. The predicted molar refractivity (Wildman–Crippen MR) is 112 cm³/mol. The second-order valence-corrected chi connectivity index (χ2v) is 7.70. The van der Waals surface area contributed by atoms with Crippen molar-refractivity contribution >= 4 is 16.7 Å². The highest BCUT2D eigenvalue weighted by Gasteiger charge is 2.26. The van der Waals surface area contributed by atoms with Gasteiger partial charge in [-0.1, -0.05) is 12.1 Å². The number of piperazine rings is 1. The molecule has 1 fully saturated rings. The molecule has 1 amide bonds. The number of aromatic hydroxyl groups is 1. The van der Waals surface area contributed by atoms with E-state index in [0.717, 1.165) is 61.2 Å². The molecular formula is C22H33N3O4+2. The molecule has 0 radical (unpaired) electrons. The zero-order chi connectivity index (χ0) is 20.6. The first kappa shape index (κ1) is 21.4. The molecule has 0 spiro atoms. The molecule has 0 atom stereocenters. The van der Waals surface area contributed by atoms with Crippen molar-refractivity contribution in [2.24, 2.45) is 0 Å². The number of benzene rings is 2. The van der Waals surface area contributed by atoms with Gasteiger partial charge in [-0.2, -0.15) is 0 Å². The van der Waals surface area contributed by atoms with Crippen LogP contribution < -0.4 is 19.9 Å². The first-order valence-electron chi connectivity index (χ1n) is 10.3. The summed E-state index contributed by atoms with van der Waals surface area (Å²) in [6.07, 6.45) is 0.842. The Morgan fingerprint density at radius 2 is 1.83 bits per heavy atom. The molecule has 1 aliphatic rings. The topological polar surface area (TPSA) is 76.7 Å². The number of carbonyl (C=O) groups is 1. The maximum atomic E-state index is 12.1. The second kappa shape index (κ2) is 10.4. The van der Waals surface area contributed by atoms with Crippen LogP contribution in [-0.2, 0) is 16.1 Å². The van der Waals surface area contributed by atoms with E-state index in [1.165, 1.54) is 9.80 Å². The molecule has 0 aliphatic carbocycles. The van der Waals surface area contributed by atoms with Crippen molar-refractivity contribution in [2.75, 3.05) is 60.1 Å². The van der Waals surface area contributed by atoms with Crippen molar-refractivity contribution in [3.8, 4) is 11.5 Å². The van der Waals surface area contributed by atoms with Crippen LogP contribution >= 0.6 is 0 Å². The van der Waals surface area contributed by atoms with Gasteiger partial charge in [0.05, 0.1) is 12.7 Å². The third-order valence-electron chi connectivity index (χ3n) is 5.66. The monoisotopic (exact) mass is 403 g/mol. The number of hydrogen-bond acceptors (Lipinski definition) is 4. The predicted octanol–water partition coefficient (Wildman–Crippen LogP) is -1.01. The van der Waals surface area contributed by atoms with Crippen molar-refractivity contribution < 1.29 is 29.2 Å². The van der Waals surface area contributed by atoms with Crippen LogP contribution in [-0.4, -0.2) is 71.1 Å². The largest absolute Gasteiger partial charge is 0.507 e. The fraction of sp³-hybridized carbons (Fsp3) is 0.500. The third kappa shape index (κ3) is 5.82. The molecule has 0 saturated carbocycles. The minimum absolute atomic E-state index is 0.110. The highest BCUT2D eigenvalue weighted by atomic mass is 16.5. The number of rotatable bonds is 9. The lowest BCUT2D eigenvalue weighted by molar-refractivity contribution is -1.02. The van der Waals surface area contributed by atoms with Crippen LogP contribution in [0.1, 0.15) is 12.0 Å². The van der Waals surface area contributed by atoms with Crippen LogP contribution in [0.4, 0.5) is 0 Å². The number of methoxy groups -OCH3 is 2.